The summed E-state index contributed by atoms with van der Waals surface area (Å²) in [4.78, 5) is 22.7. The maximum atomic E-state index is 10.8. The summed E-state index contributed by atoms with van der Waals surface area (Å²) in [6.45, 7) is 1.03. The van der Waals surface area contributed by atoms with Crippen molar-refractivity contribution in [1.82, 2.24) is 0 Å². The third kappa shape index (κ3) is 3.17. The number of rotatable bonds is 6. The van der Waals surface area contributed by atoms with Gasteiger partial charge in [0.05, 0.1) is 11.5 Å². The van der Waals surface area contributed by atoms with Crippen LogP contribution in [0.15, 0.2) is 18.2 Å². The normalized spacial score (nSPS) is 10.1. The van der Waals surface area contributed by atoms with Crippen LogP contribution < -0.4 is 4.90 Å². The van der Waals surface area contributed by atoms with E-state index >= 15 is 0 Å². The molecule has 0 saturated heterocycles. The van der Waals surface area contributed by atoms with Gasteiger partial charge in [0.1, 0.15) is 5.56 Å². The van der Waals surface area contributed by atoms with Crippen LogP contribution in [0.3, 0.4) is 0 Å². The van der Waals surface area contributed by atoms with Gasteiger partial charge in [0.15, 0.2) is 0 Å². The number of hydrogen-bond donors (Lipinski definition) is 1. The highest BCUT2D eigenvalue weighted by Crippen LogP contribution is 2.25. The Morgan fingerprint density at radius 2 is 2.22 bits per heavy atom. The topological polar surface area (TPSA) is 92.9 Å². The highest BCUT2D eigenvalue weighted by Gasteiger charge is 2.20. The lowest BCUT2D eigenvalue weighted by Crippen LogP contribution is -2.22. The fourth-order valence-electron chi connectivity index (χ4n) is 1.45. The monoisotopic (exact) mass is 254 g/mol. The average Bonchev–Trinajstić information content (AvgIpc) is 2.34. The molecule has 1 rings (SSSR count). The lowest BCUT2D eigenvalue weighted by atomic mass is 10.1. The molecule has 18 heavy (non-hydrogen) atoms. The SMILES string of the molecule is COCCN(C)c1ccc(C(=O)O)c([N+](=O)[O-])c1. The number of carboxylic acids is 1. The maximum absolute atomic E-state index is 10.8. The van der Waals surface area contributed by atoms with E-state index in [4.69, 9.17) is 9.84 Å². The summed E-state index contributed by atoms with van der Waals surface area (Å²) in [5, 5.41) is 19.7. The minimum Gasteiger partial charge on any atom is -0.477 e. The summed E-state index contributed by atoms with van der Waals surface area (Å²) in [5.74, 6) is -1.31. The van der Waals surface area contributed by atoms with Crippen molar-refractivity contribution < 1.29 is 19.6 Å². The van der Waals surface area contributed by atoms with Crippen LogP contribution >= 0.6 is 0 Å². The minimum absolute atomic E-state index is 0.316. The number of methoxy groups -OCH3 is 1. The van der Waals surface area contributed by atoms with Crippen molar-refractivity contribution in [3.05, 3.63) is 33.9 Å². The summed E-state index contributed by atoms with van der Waals surface area (Å²) >= 11 is 0. The number of hydrogen-bond acceptors (Lipinski definition) is 5. The van der Waals surface area contributed by atoms with E-state index < -0.39 is 16.6 Å². The second kappa shape index (κ2) is 5.97. The number of nitro benzene ring substituents is 1. The second-order valence-corrected chi connectivity index (χ2v) is 3.68. The molecule has 7 nitrogen and oxygen atoms in total. The molecule has 0 bridgehead atoms. The Labute approximate surface area is 104 Å². The zero-order chi connectivity index (χ0) is 13.7. The van der Waals surface area contributed by atoms with Crippen LogP contribution in [0.1, 0.15) is 10.4 Å². The number of aromatic carboxylic acids is 1. The molecule has 1 N–H and O–H groups in total. The van der Waals surface area contributed by atoms with Gasteiger partial charge in [-0.05, 0) is 12.1 Å². The van der Waals surface area contributed by atoms with Crippen molar-refractivity contribution >= 4 is 17.3 Å². The molecule has 0 spiro atoms. The highest BCUT2D eigenvalue weighted by molar-refractivity contribution is 5.93. The Balaban J connectivity index is 3.07. The van der Waals surface area contributed by atoms with Crippen molar-refractivity contribution in [2.75, 3.05) is 32.2 Å². The third-order valence-corrected chi connectivity index (χ3v) is 2.48. The lowest BCUT2D eigenvalue weighted by molar-refractivity contribution is -0.385. The molecule has 0 aliphatic rings. The molecule has 0 aliphatic heterocycles. The fourth-order valence-corrected chi connectivity index (χ4v) is 1.45. The molecule has 0 fully saturated rings. The molecule has 1 aromatic rings. The Bertz CT molecular complexity index is 461. The molecule has 0 radical (unpaired) electrons. The average molecular weight is 254 g/mol. The van der Waals surface area contributed by atoms with Crippen molar-refractivity contribution in [2.24, 2.45) is 0 Å². The van der Waals surface area contributed by atoms with Crippen LogP contribution in [-0.4, -0.2) is 43.3 Å². The van der Waals surface area contributed by atoms with E-state index in [0.29, 0.717) is 18.8 Å². The van der Waals surface area contributed by atoms with Crippen molar-refractivity contribution in [3.63, 3.8) is 0 Å². The number of likely N-dealkylation sites (N-methyl/N-ethyl adjacent to an activating group) is 1. The molecule has 0 aliphatic carbocycles. The van der Waals surface area contributed by atoms with Gasteiger partial charge in [-0.3, -0.25) is 10.1 Å². The lowest BCUT2D eigenvalue weighted by Gasteiger charge is -2.18. The van der Waals surface area contributed by atoms with Crippen molar-refractivity contribution in [2.45, 2.75) is 0 Å². The number of anilines is 1. The van der Waals surface area contributed by atoms with Gasteiger partial charge in [-0.15, -0.1) is 0 Å². The Morgan fingerprint density at radius 3 is 2.72 bits per heavy atom. The Kier molecular flexibility index (Phi) is 4.61. The minimum atomic E-state index is -1.31. The quantitative estimate of drug-likeness (QED) is 0.608. The first-order chi connectivity index (χ1) is 8.47. The number of ether oxygens (including phenoxy) is 1. The van der Waals surface area contributed by atoms with Crippen LogP contribution in [0.2, 0.25) is 0 Å². The van der Waals surface area contributed by atoms with Gasteiger partial charge in [-0.25, -0.2) is 4.79 Å². The predicted octanol–water partition coefficient (Wildman–Crippen LogP) is 1.38. The van der Waals surface area contributed by atoms with Crippen LogP contribution in [0.25, 0.3) is 0 Å². The fraction of sp³-hybridized carbons (Fsp3) is 0.364. The summed E-state index contributed by atoms with van der Waals surface area (Å²) in [5.41, 5.74) is -0.156. The van der Waals surface area contributed by atoms with Crippen molar-refractivity contribution in [1.29, 1.82) is 0 Å². The molecule has 0 saturated carbocycles. The molecule has 7 heteroatoms. The highest BCUT2D eigenvalue weighted by atomic mass is 16.6. The van der Waals surface area contributed by atoms with E-state index in [1.54, 1.807) is 19.1 Å². The van der Waals surface area contributed by atoms with Gasteiger partial charge in [-0.2, -0.15) is 0 Å². The molecule has 0 aromatic heterocycles. The number of benzene rings is 1. The molecule has 98 valence electrons. The number of nitro groups is 1. The Morgan fingerprint density at radius 1 is 1.56 bits per heavy atom. The van der Waals surface area contributed by atoms with E-state index in [2.05, 4.69) is 0 Å². The first-order valence-electron chi connectivity index (χ1n) is 5.19. The van der Waals surface area contributed by atoms with Gasteiger partial charge in [-0.1, -0.05) is 0 Å². The zero-order valence-electron chi connectivity index (χ0n) is 10.1. The van der Waals surface area contributed by atoms with Gasteiger partial charge in [0.25, 0.3) is 5.69 Å². The van der Waals surface area contributed by atoms with Gasteiger partial charge in [0.2, 0.25) is 0 Å². The molecule has 0 amide bonds. The van der Waals surface area contributed by atoms with Crippen LogP contribution in [0.4, 0.5) is 11.4 Å². The molecule has 0 heterocycles. The van der Waals surface area contributed by atoms with E-state index in [0.717, 1.165) is 0 Å². The van der Waals surface area contributed by atoms with E-state index in [9.17, 15) is 14.9 Å². The van der Waals surface area contributed by atoms with Gasteiger partial charge < -0.3 is 14.7 Å². The molecule has 1 aromatic carbocycles. The number of carboxylic acid groups (broad SMARTS) is 1. The zero-order valence-corrected chi connectivity index (χ0v) is 10.1. The second-order valence-electron chi connectivity index (χ2n) is 3.68. The molecule has 0 unspecified atom stereocenters. The third-order valence-electron chi connectivity index (χ3n) is 2.48. The molecule has 0 atom stereocenters. The van der Waals surface area contributed by atoms with Crippen LogP contribution in [0.5, 0.6) is 0 Å². The van der Waals surface area contributed by atoms with E-state index in [-0.39, 0.29) is 5.56 Å². The van der Waals surface area contributed by atoms with Gasteiger partial charge >= 0.3 is 5.97 Å². The number of nitrogens with zero attached hydrogens (tertiary/aromatic N) is 2. The predicted molar refractivity (Wildman–Crippen MR) is 65.2 cm³/mol. The van der Waals surface area contributed by atoms with Crippen molar-refractivity contribution in [3.8, 4) is 0 Å². The molecular formula is C11H14N2O5. The first kappa shape index (κ1) is 13.9. The summed E-state index contributed by atoms with van der Waals surface area (Å²) < 4.78 is 4.90. The summed E-state index contributed by atoms with van der Waals surface area (Å²) in [7, 11) is 3.31. The number of carbonyl (C=O) groups is 1. The standard InChI is InChI=1S/C11H14N2O5/c1-12(5-6-18-2)8-3-4-9(11(14)15)10(7-8)13(16)17/h3-4,7H,5-6H2,1-2H3,(H,14,15). The maximum Gasteiger partial charge on any atom is 0.342 e. The summed E-state index contributed by atoms with van der Waals surface area (Å²) in [6, 6.07) is 4.02. The van der Waals surface area contributed by atoms with Crippen LogP contribution in [-0.2, 0) is 4.74 Å². The van der Waals surface area contributed by atoms with Crippen LogP contribution in [0, 0.1) is 10.1 Å². The van der Waals surface area contributed by atoms with E-state index in [1.807, 2.05) is 0 Å². The largest absolute Gasteiger partial charge is 0.477 e. The molecular weight excluding hydrogens is 240 g/mol. The summed E-state index contributed by atoms with van der Waals surface area (Å²) in [6.07, 6.45) is 0. The Hall–Kier alpha value is -2.15. The smallest absolute Gasteiger partial charge is 0.342 e. The van der Waals surface area contributed by atoms with E-state index in [1.165, 1.54) is 18.2 Å². The van der Waals surface area contributed by atoms with Gasteiger partial charge in [0, 0.05) is 32.5 Å². The first-order valence-corrected chi connectivity index (χ1v) is 5.19.